The van der Waals surface area contributed by atoms with Crippen LogP contribution in [0.2, 0.25) is 0 Å². The average Bonchev–Trinajstić information content (AvgIpc) is 2.52. The Morgan fingerprint density at radius 3 is 2.81 bits per heavy atom. The van der Waals surface area contributed by atoms with Crippen molar-refractivity contribution in [2.45, 2.75) is 19.4 Å². The monoisotopic (exact) mass is 243 g/mol. The lowest BCUT2D eigenvalue weighted by Crippen LogP contribution is -2.21. The van der Waals surface area contributed by atoms with Gasteiger partial charge in [0, 0.05) is 6.04 Å². The molecule has 1 aliphatic heterocycles. The first-order chi connectivity index (χ1) is 7.46. The van der Waals surface area contributed by atoms with Gasteiger partial charge in [0.05, 0.1) is 17.2 Å². The second kappa shape index (κ2) is 4.05. The van der Waals surface area contributed by atoms with E-state index in [1.165, 1.54) is 6.07 Å². The van der Waals surface area contributed by atoms with E-state index < -0.39 is 9.84 Å². The number of hydrogen-bond acceptors (Lipinski definition) is 3. The molecule has 1 aromatic carbocycles. The van der Waals surface area contributed by atoms with E-state index in [0.29, 0.717) is 12.1 Å². The Balaban J connectivity index is 2.13. The third kappa shape index (κ3) is 2.52. The van der Waals surface area contributed by atoms with Crippen LogP contribution in [0.3, 0.4) is 0 Å². The summed E-state index contributed by atoms with van der Waals surface area (Å²) in [5.41, 5.74) is 1.34. The molecule has 0 spiro atoms. The van der Waals surface area contributed by atoms with Crippen LogP contribution in [0.4, 0.5) is 10.1 Å². The van der Waals surface area contributed by atoms with Crippen LogP contribution in [0.5, 0.6) is 0 Å². The number of anilines is 1. The van der Waals surface area contributed by atoms with Crippen molar-refractivity contribution in [3.05, 3.63) is 29.6 Å². The number of rotatable bonds is 2. The van der Waals surface area contributed by atoms with Gasteiger partial charge in [-0.3, -0.25) is 0 Å². The Bertz CT molecular complexity index is 499. The number of halogens is 1. The first kappa shape index (κ1) is 11.4. The number of hydrogen-bond donors (Lipinski definition) is 1. The lowest BCUT2D eigenvalue weighted by atomic mass is 10.2. The summed E-state index contributed by atoms with van der Waals surface area (Å²) in [6.45, 7) is 1.87. The fourth-order valence-electron chi connectivity index (χ4n) is 1.88. The second-order valence-electron chi connectivity index (χ2n) is 4.23. The Morgan fingerprint density at radius 1 is 1.44 bits per heavy atom. The number of sulfone groups is 1. The average molecular weight is 243 g/mol. The van der Waals surface area contributed by atoms with Gasteiger partial charge in [0.1, 0.15) is 5.82 Å². The molecule has 1 saturated heterocycles. The number of aryl methyl sites for hydroxylation is 1. The fraction of sp³-hybridized carbons (Fsp3) is 0.455. The predicted molar refractivity (Wildman–Crippen MR) is 61.8 cm³/mol. The van der Waals surface area contributed by atoms with Gasteiger partial charge >= 0.3 is 0 Å². The zero-order chi connectivity index (χ0) is 11.8. The van der Waals surface area contributed by atoms with Crippen molar-refractivity contribution >= 4 is 15.5 Å². The number of nitrogens with one attached hydrogen (secondary N) is 1. The normalized spacial score (nSPS) is 23.2. The summed E-state index contributed by atoms with van der Waals surface area (Å²) >= 11 is 0. The molecule has 16 heavy (non-hydrogen) atoms. The molecule has 5 heteroatoms. The SMILES string of the molecule is Cc1ccc(F)c(NC2CCS(=O)(=O)C2)c1. The molecular weight excluding hydrogens is 229 g/mol. The van der Waals surface area contributed by atoms with Crippen LogP contribution in [-0.4, -0.2) is 26.0 Å². The van der Waals surface area contributed by atoms with Gasteiger partial charge in [-0.15, -0.1) is 0 Å². The van der Waals surface area contributed by atoms with Gasteiger partial charge in [0.25, 0.3) is 0 Å². The molecule has 0 saturated carbocycles. The van der Waals surface area contributed by atoms with Crippen LogP contribution in [0.25, 0.3) is 0 Å². The highest BCUT2D eigenvalue weighted by atomic mass is 32.2. The summed E-state index contributed by atoms with van der Waals surface area (Å²) < 4.78 is 35.9. The zero-order valence-electron chi connectivity index (χ0n) is 9.03. The maximum Gasteiger partial charge on any atom is 0.152 e. The van der Waals surface area contributed by atoms with Crippen molar-refractivity contribution in [1.82, 2.24) is 0 Å². The van der Waals surface area contributed by atoms with E-state index in [-0.39, 0.29) is 23.4 Å². The van der Waals surface area contributed by atoms with E-state index in [1.807, 2.05) is 6.92 Å². The number of benzene rings is 1. The minimum atomic E-state index is -2.92. The van der Waals surface area contributed by atoms with E-state index >= 15 is 0 Å². The van der Waals surface area contributed by atoms with Crippen LogP contribution in [-0.2, 0) is 9.84 Å². The quantitative estimate of drug-likeness (QED) is 0.860. The molecule has 1 aliphatic rings. The summed E-state index contributed by atoms with van der Waals surface area (Å²) in [6.07, 6.45) is 0.551. The first-order valence-corrected chi connectivity index (χ1v) is 7.01. The Labute approximate surface area is 94.6 Å². The molecule has 88 valence electrons. The van der Waals surface area contributed by atoms with Crippen LogP contribution >= 0.6 is 0 Å². The largest absolute Gasteiger partial charge is 0.379 e. The summed E-state index contributed by atoms with van der Waals surface area (Å²) in [5, 5.41) is 2.95. The van der Waals surface area contributed by atoms with Crippen LogP contribution in [0.15, 0.2) is 18.2 Å². The predicted octanol–water partition coefficient (Wildman–Crippen LogP) is 1.73. The third-order valence-electron chi connectivity index (χ3n) is 2.71. The van der Waals surface area contributed by atoms with Crippen molar-refractivity contribution in [2.75, 3.05) is 16.8 Å². The van der Waals surface area contributed by atoms with Crippen LogP contribution < -0.4 is 5.32 Å². The van der Waals surface area contributed by atoms with Gasteiger partial charge < -0.3 is 5.32 Å². The molecule has 1 N–H and O–H groups in total. The third-order valence-corrected chi connectivity index (χ3v) is 4.48. The molecule has 3 nitrogen and oxygen atoms in total. The minimum absolute atomic E-state index is 0.0976. The van der Waals surface area contributed by atoms with Gasteiger partial charge in [-0.1, -0.05) is 6.07 Å². The topological polar surface area (TPSA) is 46.2 Å². The molecule has 0 aliphatic carbocycles. The molecule has 1 fully saturated rings. The van der Waals surface area contributed by atoms with Gasteiger partial charge in [0.2, 0.25) is 0 Å². The summed E-state index contributed by atoms with van der Waals surface area (Å²) in [5.74, 6) is -0.0479. The molecule has 0 amide bonds. The van der Waals surface area contributed by atoms with Gasteiger partial charge in [0.15, 0.2) is 9.84 Å². The standard InChI is InChI=1S/C11H14FNO2S/c1-8-2-3-10(12)11(6-8)13-9-4-5-16(14,15)7-9/h2-3,6,9,13H,4-5,7H2,1H3. The van der Waals surface area contributed by atoms with E-state index in [2.05, 4.69) is 5.32 Å². The van der Waals surface area contributed by atoms with Crippen molar-refractivity contribution < 1.29 is 12.8 Å². The maximum absolute atomic E-state index is 13.4. The second-order valence-corrected chi connectivity index (χ2v) is 6.46. The van der Waals surface area contributed by atoms with E-state index in [9.17, 15) is 12.8 Å². The molecular formula is C11H14FNO2S. The molecule has 1 unspecified atom stereocenters. The van der Waals surface area contributed by atoms with Gasteiger partial charge in [-0.25, -0.2) is 12.8 Å². The van der Waals surface area contributed by atoms with Gasteiger partial charge in [-0.05, 0) is 31.0 Å². The molecule has 1 heterocycles. The zero-order valence-corrected chi connectivity index (χ0v) is 9.85. The summed E-state index contributed by atoms with van der Waals surface area (Å²) in [6, 6.07) is 4.61. The molecule has 0 bridgehead atoms. The van der Waals surface area contributed by atoms with Crippen molar-refractivity contribution in [3.8, 4) is 0 Å². The molecule has 1 aromatic rings. The Kier molecular flexibility index (Phi) is 2.88. The van der Waals surface area contributed by atoms with Crippen molar-refractivity contribution in [3.63, 3.8) is 0 Å². The lowest BCUT2D eigenvalue weighted by molar-refractivity contribution is 0.601. The highest BCUT2D eigenvalue weighted by Crippen LogP contribution is 2.21. The molecule has 2 rings (SSSR count). The van der Waals surface area contributed by atoms with Crippen molar-refractivity contribution in [1.29, 1.82) is 0 Å². The van der Waals surface area contributed by atoms with Crippen molar-refractivity contribution in [2.24, 2.45) is 0 Å². The van der Waals surface area contributed by atoms with E-state index in [0.717, 1.165) is 5.56 Å². The fourth-order valence-corrected chi connectivity index (χ4v) is 3.55. The summed E-state index contributed by atoms with van der Waals surface area (Å²) in [7, 11) is -2.92. The van der Waals surface area contributed by atoms with Crippen LogP contribution in [0.1, 0.15) is 12.0 Å². The Morgan fingerprint density at radius 2 is 2.19 bits per heavy atom. The molecule has 1 atom stereocenters. The maximum atomic E-state index is 13.4. The highest BCUT2D eigenvalue weighted by molar-refractivity contribution is 7.91. The van der Waals surface area contributed by atoms with Crippen LogP contribution in [0, 0.1) is 12.7 Å². The summed E-state index contributed by atoms with van der Waals surface area (Å²) in [4.78, 5) is 0. The Hall–Kier alpha value is -1.10. The first-order valence-electron chi connectivity index (χ1n) is 5.19. The van der Waals surface area contributed by atoms with E-state index in [4.69, 9.17) is 0 Å². The highest BCUT2D eigenvalue weighted by Gasteiger charge is 2.28. The molecule has 0 radical (unpaired) electrons. The van der Waals surface area contributed by atoms with E-state index in [1.54, 1.807) is 12.1 Å². The smallest absolute Gasteiger partial charge is 0.152 e. The van der Waals surface area contributed by atoms with Gasteiger partial charge in [-0.2, -0.15) is 0 Å². The molecule has 0 aromatic heterocycles. The minimum Gasteiger partial charge on any atom is -0.379 e. The lowest BCUT2D eigenvalue weighted by Gasteiger charge is -2.13.